The summed E-state index contributed by atoms with van der Waals surface area (Å²) in [5.74, 6) is -0.329. The van der Waals surface area contributed by atoms with Crippen molar-refractivity contribution in [3.8, 4) is 22.9 Å². The van der Waals surface area contributed by atoms with Gasteiger partial charge in [0.15, 0.2) is 0 Å². The van der Waals surface area contributed by atoms with Gasteiger partial charge in [-0.05, 0) is 60.7 Å². The molecule has 0 aliphatic rings. The van der Waals surface area contributed by atoms with Crippen LogP contribution in [0.4, 0.5) is 18.9 Å². The van der Waals surface area contributed by atoms with E-state index in [-0.39, 0.29) is 23.8 Å². The van der Waals surface area contributed by atoms with Crippen LogP contribution in [0.2, 0.25) is 0 Å². The van der Waals surface area contributed by atoms with Crippen LogP contribution in [0.1, 0.15) is 30.9 Å². The van der Waals surface area contributed by atoms with Crippen LogP contribution in [0.5, 0.6) is 5.75 Å². The largest absolute Gasteiger partial charge is 0.573 e. The molecular formula is C28H30F3N7O3. The third kappa shape index (κ3) is 9.06. The van der Waals surface area contributed by atoms with Gasteiger partial charge in [0.1, 0.15) is 5.75 Å². The second-order valence-corrected chi connectivity index (χ2v) is 9.52. The molecular weight excluding hydrogens is 539 g/mol. The highest BCUT2D eigenvalue weighted by Gasteiger charge is 2.31. The summed E-state index contributed by atoms with van der Waals surface area (Å²) in [6.07, 6.45) is 0.120. The molecule has 4 aromatic rings. The van der Waals surface area contributed by atoms with Crippen LogP contribution in [0, 0.1) is 11.3 Å². The molecule has 2 heterocycles. The summed E-state index contributed by atoms with van der Waals surface area (Å²) in [5, 5.41) is 29.8. The van der Waals surface area contributed by atoms with Gasteiger partial charge in [0.2, 0.25) is 0 Å². The SMILES string of the molecule is C[C@@H](CCCOCCNc1cc(-c2cn[nH]c(=O)c2)cc2[nH]ncc12)NCc1cc(CC#N)cc(OC(F)(F)F)c1. The van der Waals surface area contributed by atoms with Crippen molar-refractivity contribution in [3.05, 3.63) is 70.3 Å². The quantitative estimate of drug-likeness (QED) is 0.161. The lowest BCUT2D eigenvalue weighted by Crippen LogP contribution is -2.26. The second kappa shape index (κ2) is 13.8. The molecule has 216 valence electrons. The van der Waals surface area contributed by atoms with E-state index in [9.17, 15) is 18.0 Å². The molecule has 0 saturated carbocycles. The van der Waals surface area contributed by atoms with Gasteiger partial charge in [0.05, 0.1) is 37.0 Å². The number of nitriles is 1. The lowest BCUT2D eigenvalue weighted by Gasteiger charge is -2.16. The molecule has 0 amide bonds. The minimum Gasteiger partial charge on any atom is -0.406 e. The van der Waals surface area contributed by atoms with Gasteiger partial charge >= 0.3 is 6.36 Å². The van der Waals surface area contributed by atoms with Crippen molar-refractivity contribution in [1.29, 1.82) is 5.26 Å². The predicted molar refractivity (Wildman–Crippen MR) is 147 cm³/mol. The van der Waals surface area contributed by atoms with E-state index in [1.807, 2.05) is 25.1 Å². The van der Waals surface area contributed by atoms with Gasteiger partial charge in [-0.15, -0.1) is 13.2 Å². The van der Waals surface area contributed by atoms with E-state index in [4.69, 9.17) is 10.00 Å². The van der Waals surface area contributed by atoms with E-state index >= 15 is 0 Å². The normalized spacial score (nSPS) is 12.3. The molecule has 2 aromatic heterocycles. The summed E-state index contributed by atoms with van der Waals surface area (Å²) in [6.45, 7) is 3.92. The number of aromatic nitrogens is 4. The molecule has 41 heavy (non-hydrogen) atoms. The minimum absolute atomic E-state index is 0.00612. The van der Waals surface area contributed by atoms with Gasteiger partial charge in [-0.1, -0.05) is 6.07 Å². The Labute approximate surface area is 233 Å². The Balaban J connectivity index is 1.19. The smallest absolute Gasteiger partial charge is 0.406 e. The van der Waals surface area contributed by atoms with Crippen molar-refractivity contribution in [2.45, 2.75) is 45.1 Å². The molecule has 0 radical (unpaired) electrons. The molecule has 4 rings (SSSR count). The van der Waals surface area contributed by atoms with E-state index in [0.717, 1.165) is 35.0 Å². The average molecular weight is 570 g/mol. The molecule has 0 fully saturated rings. The first-order valence-corrected chi connectivity index (χ1v) is 13.0. The van der Waals surface area contributed by atoms with Gasteiger partial charge in [0.25, 0.3) is 5.56 Å². The number of aromatic amines is 2. The summed E-state index contributed by atoms with van der Waals surface area (Å²) in [5.41, 5.74) is 3.99. The van der Waals surface area contributed by atoms with Crippen LogP contribution >= 0.6 is 0 Å². The van der Waals surface area contributed by atoms with E-state index in [1.165, 1.54) is 18.2 Å². The highest BCUT2D eigenvalue weighted by molar-refractivity contribution is 5.95. The fraction of sp³-hybridized carbons (Fsp3) is 0.357. The number of halogens is 3. The first-order chi connectivity index (χ1) is 19.7. The first kappa shape index (κ1) is 29.6. The van der Waals surface area contributed by atoms with Crippen molar-refractivity contribution >= 4 is 16.6 Å². The average Bonchev–Trinajstić information content (AvgIpc) is 3.39. The Morgan fingerprint density at radius 2 is 1.83 bits per heavy atom. The van der Waals surface area contributed by atoms with Crippen LogP contribution in [0.15, 0.2) is 53.6 Å². The Morgan fingerprint density at radius 3 is 2.61 bits per heavy atom. The summed E-state index contributed by atoms with van der Waals surface area (Å²) in [6, 6.07) is 11.6. The number of fused-ring (bicyclic) bond motifs is 1. The van der Waals surface area contributed by atoms with E-state index in [2.05, 4.69) is 35.8 Å². The molecule has 10 nitrogen and oxygen atoms in total. The van der Waals surface area contributed by atoms with Crippen molar-refractivity contribution in [2.24, 2.45) is 0 Å². The number of H-pyrrole nitrogens is 2. The van der Waals surface area contributed by atoms with Crippen LogP contribution in [-0.2, 0) is 17.7 Å². The Hall–Kier alpha value is -4.41. The minimum atomic E-state index is -4.80. The molecule has 0 bridgehead atoms. The van der Waals surface area contributed by atoms with Crippen molar-refractivity contribution < 1.29 is 22.6 Å². The molecule has 1 atom stereocenters. The number of benzene rings is 2. The highest BCUT2D eigenvalue weighted by atomic mass is 19.4. The molecule has 0 spiro atoms. The maximum atomic E-state index is 12.6. The van der Waals surface area contributed by atoms with Crippen LogP contribution < -0.4 is 20.9 Å². The molecule has 0 aliphatic carbocycles. The lowest BCUT2D eigenvalue weighted by molar-refractivity contribution is -0.274. The van der Waals surface area contributed by atoms with Crippen LogP contribution in [0.25, 0.3) is 22.0 Å². The van der Waals surface area contributed by atoms with Crippen molar-refractivity contribution in [3.63, 3.8) is 0 Å². The summed E-state index contributed by atoms with van der Waals surface area (Å²) in [7, 11) is 0. The zero-order valence-corrected chi connectivity index (χ0v) is 22.3. The van der Waals surface area contributed by atoms with E-state index in [0.29, 0.717) is 43.0 Å². The first-order valence-electron chi connectivity index (χ1n) is 13.0. The summed E-state index contributed by atoms with van der Waals surface area (Å²) in [4.78, 5) is 11.7. The monoisotopic (exact) mass is 569 g/mol. The standard InChI is InChI=1S/C28H30F3N7O3/c1-18(34-15-20-9-19(4-5-32)10-23(11-20)41-28(29,30)31)3-2-7-40-8-6-33-25-12-21(13-26-24(25)17-36-37-26)22-14-27(39)38-35-16-22/h9-14,16-18,33-34H,2-4,6-8,15H2,1H3,(H,36,37)(H,38,39)/t18-/m0/s1. The van der Waals surface area contributed by atoms with Crippen LogP contribution in [-0.4, -0.2) is 52.6 Å². The van der Waals surface area contributed by atoms with Gasteiger partial charge in [-0.2, -0.15) is 15.5 Å². The fourth-order valence-electron chi connectivity index (χ4n) is 4.36. The molecule has 0 aliphatic heterocycles. The van der Waals surface area contributed by atoms with Gasteiger partial charge < -0.3 is 20.1 Å². The summed E-state index contributed by atoms with van der Waals surface area (Å²) < 4.78 is 47.8. The number of nitrogens with one attached hydrogen (secondary N) is 4. The molecule has 2 aromatic carbocycles. The van der Waals surface area contributed by atoms with Gasteiger partial charge in [-0.25, -0.2) is 5.10 Å². The highest BCUT2D eigenvalue weighted by Crippen LogP contribution is 2.29. The van der Waals surface area contributed by atoms with E-state index < -0.39 is 6.36 Å². The van der Waals surface area contributed by atoms with Crippen molar-refractivity contribution in [1.82, 2.24) is 25.7 Å². The second-order valence-electron chi connectivity index (χ2n) is 9.52. The number of hydrogen-bond donors (Lipinski definition) is 4. The third-order valence-electron chi connectivity index (χ3n) is 6.24. The molecule has 0 unspecified atom stereocenters. The third-order valence-corrected chi connectivity index (χ3v) is 6.24. The molecule has 13 heteroatoms. The molecule has 0 saturated heterocycles. The number of hydrogen-bond acceptors (Lipinski definition) is 8. The summed E-state index contributed by atoms with van der Waals surface area (Å²) >= 11 is 0. The number of alkyl halides is 3. The number of anilines is 1. The molecule has 4 N–H and O–H groups in total. The number of nitrogens with zero attached hydrogens (tertiary/aromatic N) is 3. The number of rotatable bonds is 14. The Morgan fingerprint density at radius 1 is 1.02 bits per heavy atom. The topological polar surface area (TPSA) is 141 Å². The maximum absolute atomic E-state index is 12.6. The van der Waals surface area contributed by atoms with E-state index in [1.54, 1.807) is 18.5 Å². The van der Waals surface area contributed by atoms with Crippen molar-refractivity contribution in [2.75, 3.05) is 25.1 Å². The Bertz CT molecular complexity index is 1550. The Kier molecular flexibility index (Phi) is 9.94. The lowest BCUT2D eigenvalue weighted by atomic mass is 10.1. The zero-order valence-electron chi connectivity index (χ0n) is 22.3. The number of ether oxygens (including phenoxy) is 2. The fourth-order valence-corrected chi connectivity index (χ4v) is 4.36. The van der Waals surface area contributed by atoms with Gasteiger partial charge in [-0.3, -0.25) is 9.89 Å². The zero-order chi connectivity index (χ0) is 29.2. The van der Waals surface area contributed by atoms with Gasteiger partial charge in [0, 0.05) is 48.4 Å². The van der Waals surface area contributed by atoms with Crippen LogP contribution in [0.3, 0.4) is 0 Å². The maximum Gasteiger partial charge on any atom is 0.573 e. The predicted octanol–water partition coefficient (Wildman–Crippen LogP) is 4.66.